The van der Waals surface area contributed by atoms with Gasteiger partial charge < -0.3 is 15.0 Å². The van der Waals surface area contributed by atoms with Crippen LogP contribution in [0.15, 0.2) is 48.7 Å². The molecule has 0 fully saturated rings. The van der Waals surface area contributed by atoms with Crippen molar-refractivity contribution in [1.82, 2.24) is 4.57 Å². The van der Waals surface area contributed by atoms with Crippen LogP contribution in [0.3, 0.4) is 0 Å². The van der Waals surface area contributed by atoms with Gasteiger partial charge in [-0.05, 0) is 43.3 Å². The minimum absolute atomic E-state index is 0.0597. The number of benzene rings is 2. The lowest BCUT2D eigenvalue weighted by atomic mass is 10.1. The molecule has 132 valence electrons. The summed E-state index contributed by atoms with van der Waals surface area (Å²) in [6.45, 7) is 1.31. The number of halogens is 2. The van der Waals surface area contributed by atoms with Gasteiger partial charge in [0.25, 0.3) is 5.91 Å². The van der Waals surface area contributed by atoms with Crippen molar-refractivity contribution in [3.05, 3.63) is 65.1 Å². The Labute approximate surface area is 154 Å². The molecule has 1 amide bonds. The van der Waals surface area contributed by atoms with E-state index in [4.69, 9.17) is 16.9 Å². The van der Waals surface area contributed by atoms with E-state index in [9.17, 15) is 14.3 Å². The highest BCUT2D eigenvalue weighted by Gasteiger charge is 2.31. The molecule has 0 saturated heterocycles. The zero-order valence-electron chi connectivity index (χ0n) is 13.8. The first kappa shape index (κ1) is 17.9. The molecule has 5 nitrogen and oxygen atoms in total. The van der Waals surface area contributed by atoms with E-state index in [0.717, 1.165) is 0 Å². The van der Waals surface area contributed by atoms with E-state index in [1.807, 2.05) is 6.07 Å². The maximum atomic E-state index is 13.8. The second kappa shape index (κ2) is 6.79. The first-order chi connectivity index (χ1) is 12.3. The van der Waals surface area contributed by atoms with Crippen molar-refractivity contribution in [3.8, 4) is 6.07 Å². The maximum absolute atomic E-state index is 13.8. The molecule has 0 bridgehead atoms. The number of amides is 1. The summed E-state index contributed by atoms with van der Waals surface area (Å²) in [5, 5.41) is 22.7. The minimum Gasteiger partial charge on any atom is -0.378 e. The van der Waals surface area contributed by atoms with Gasteiger partial charge in [-0.3, -0.25) is 4.79 Å². The van der Waals surface area contributed by atoms with Gasteiger partial charge in [-0.15, -0.1) is 0 Å². The zero-order chi connectivity index (χ0) is 18.9. The van der Waals surface area contributed by atoms with Gasteiger partial charge in [0.1, 0.15) is 11.9 Å². The zero-order valence-corrected chi connectivity index (χ0v) is 14.6. The summed E-state index contributed by atoms with van der Waals surface area (Å²) >= 11 is 5.95. The van der Waals surface area contributed by atoms with Crippen LogP contribution < -0.4 is 5.32 Å². The molecule has 1 atom stereocenters. The van der Waals surface area contributed by atoms with Crippen LogP contribution in [0.25, 0.3) is 10.9 Å². The molecule has 0 aliphatic heterocycles. The van der Waals surface area contributed by atoms with Crippen molar-refractivity contribution >= 4 is 34.1 Å². The molecule has 7 heteroatoms. The highest BCUT2D eigenvalue weighted by Crippen LogP contribution is 2.23. The molecule has 2 aromatic carbocycles. The lowest BCUT2D eigenvalue weighted by Gasteiger charge is -2.23. The van der Waals surface area contributed by atoms with Gasteiger partial charge in [-0.2, -0.15) is 5.26 Å². The molecule has 26 heavy (non-hydrogen) atoms. The number of nitriles is 1. The van der Waals surface area contributed by atoms with E-state index in [1.54, 1.807) is 29.0 Å². The van der Waals surface area contributed by atoms with Crippen LogP contribution in [0.4, 0.5) is 10.1 Å². The molecule has 0 unspecified atom stereocenters. The Kier molecular flexibility index (Phi) is 4.68. The molecule has 1 heterocycles. The van der Waals surface area contributed by atoms with Crippen molar-refractivity contribution < 1.29 is 14.3 Å². The molecular weight excluding hydrogens is 357 g/mol. The standard InChI is InChI=1S/C19H15ClFN3O2/c1-19(26,11-24-8-7-14-16(21)3-2-4-17(14)24)18(25)23-13-6-5-12(10-22)15(20)9-13/h2-9,26H,11H2,1H3,(H,23,25)/t19-/m0/s1. The fourth-order valence-electron chi connectivity index (χ4n) is 2.68. The van der Waals surface area contributed by atoms with Gasteiger partial charge >= 0.3 is 0 Å². The van der Waals surface area contributed by atoms with E-state index in [-0.39, 0.29) is 22.9 Å². The number of aromatic nitrogens is 1. The third-order valence-electron chi connectivity index (χ3n) is 4.08. The average Bonchev–Trinajstić information content (AvgIpc) is 2.99. The maximum Gasteiger partial charge on any atom is 0.257 e. The smallest absolute Gasteiger partial charge is 0.257 e. The number of hydrogen-bond donors (Lipinski definition) is 2. The third-order valence-corrected chi connectivity index (χ3v) is 4.39. The van der Waals surface area contributed by atoms with Gasteiger partial charge in [-0.1, -0.05) is 17.7 Å². The quantitative estimate of drug-likeness (QED) is 0.734. The van der Waals surface area contributed by atoms with Crippen LogP contribution >= 0.6 is 11.6 Å². The SMILES string of the molecule is C[C@](O)(Cn1ccc2c(F)cccc21)C(=O)Nc1ccc(C#N)c(Cl)c1. The number of rotatable bonds is 4. The van der Waals surface area contributed by atoms with Crippen LogP contribution in [0.1, 0.15) is 12.5 Å². The lowest BCUT2D eigenvalue weighted by molar-refractivity contribution is -0.133. The van der Waals surface area contributed by atoms with E-state index in [2.05, 4.69) is 5.32 Å². The highest BCUT2D eigenvalue weighted by molar-refractivity contribution is 6.32. The summed E-state index contributed by atoms with van der Waals surface area (Å²) < 4.78 is 15.4. The summed E-state index contributed by atoms with van der Waals surface area (Å²) in [6.07, 6.45) is 1.62. The van der Waals surface area contributed by atoms with Crippen LogP contribution in [-0.2, 0) is 11.3 Å². The van der Waals surface area contributed by atoms with Crippen LogP contribution in [0.5, 0.6) is 0 Å². The van der Waals surface area contributed by atoms with Gasteiger partial charge in [0.15, 0.2) is 5.60 Å². The van der Waals surface area contributed by atoms with Crippen LogP contribution in [0, 0.1) is 17.1 Å². The Morgan fingerprint density at radius 1 is 1.38 bits per heavy atom. The second-order valence-corrected chi connectivity index (χ2v) is 6.56. The van der Waals surface area contributed by atoms with E-state index in [0.29, 0.717) is 16.6 Å². The molecule has 3 aromatic rings. The molecule has 2 N–H and O–H groups in total. The van der Waals surface area contributed by atoms with Crippen molar-refractivity contribution in [2.45, 2.75) is 19.1 Å². The molecule has 1 aromatic heterocycles. The number of fused-ring (bicyclic) bond motifs is 1. The monoisotopic (exact) mass is 371 g/mol. The summed E-state index contributed by atoms with van der Waals surface area (Å²) in [5.41, 5.74) is -0.516. The molecule has 0 spiro atoms. The number of carbonyl (C=O) groups is 1. The first-order valence-corrected chi connectivity index (χ1v) is 8.16. The lowest BCUT2D eigenvalue weighted by Crippen LogP contribution is -2.43. The Balaban J connectivity index is 1.81. The number of carbonyl (C=O) groups excluding carboxylic acids is 1. The number of nitrogens with one attached hydrogen (secondary N) is 1. The summed E-state index contributed by atoms with van der Waals surface area (Å²) in [6, 6.07) is 12.6. The first-order valence-electron chi connectivity index (χ1n) is 7.78. The Hall–Kier alpha value is -2.88. The predicted octanol–water partition coefficient (Wildman–Crippen LogP) is 3.70. The van der Waals surface area contributed by atoms with Crippen LogP contribution in [0.2, 0.25) is 5.02 Å². The number of nitrogens with zero attached hydrogens (tertiary/aromatic N) is 2. The Morgan fingerprint density at radius 2 is 2.15 bits per heavy atom. The van der Waals surface area contributed by atoms with E-state index >= 15 is 0 Å². The van der Waals surface area contributed by atoms with Gasteiger partial charge in [-0.25, -0.2) is 4.39 Å². The van der Waals surface area contributed by atoms with Gasteiger partial charge in [0.2, 0.25) is 0 Å². The van der Waals surface area contributed by atoms with E-state index in [1.165, 1.54) is 31.2 Å². The predicted molar refractivity (Wildman–Crippen MR) is 97.3 cm³/mol. The van der Waals surface area contributed by atoms with Crippen LogP contribution in [-0.4, -0.2) is 21.2 Å². The summed E-state index contributed by atoms with van der Waals surface area (Å²) in [5.74, 6) is -1.01. The molecule has 0 radical (unpaired) electrons. The highest BCUT2D eigenvalue weighted by atomic mass is 35.5. The number of aliphatic hydroxyl groups is 1. The number of hydrogen-bond acceptors (Lipinski definition) is 3. The number of anilines is 1. The van der Waals surface area contributed by atoms with Gasteiger partial charge in [0, 0.05) is 17.3 Å². The summed E-state index contributed by atoms with van der Waals surface area (Å²) in [4.78, 5) is 12.5. The van der Waals surface area contributed by atoms with E-state index < -0.39 is 11.5 Å². The fourth-order valence-corrected chi connectivity index (χ4v) is 2.90. The second-order valence-electron chi connectivity index (χ2n) is 6.15. The normalized spacial score (nSPS) is 13.2. The fraction of sp³-hybridized carbons (Fsp3) is 0.158. The topological polar surface area (TPSA) is 78.1 Å². The van der Waals surface area contributed by atoms with Crippen molar-refractivity contribution in [2.75, 3.05) is 5.32 Å². The molecule has 0 saturated carbocycles. The van der Waals surface area contributed by atoms with Crippen molar-refractivity contribution in [1.29, 1.82) is 5.26 Å². The largest absolute Gasteiger partial charge is 0.378 e. The molecule has 0 aliphatic rings. The Morgan fingerprint density at radius 3 is 2.85 bits per heavy atom. The molecular formula is C19H15ClFN3O2. The minimum atomic E-state index is -1.75. The average molecular weight is 372 g/mol. The van der Waals surface area contributed by atoms with Crippen molar-refractivity contribution in [2.24, 2.45) is 0 Å². The third kappa shape index (κ3) is 3.40. The summed E-state index contributed by atoms with van der Waals surface area (Å²) in [7, 11) is 0. The Bertz CT molecular complexity index is 1040. The molecule has 3 rings (SSSR count). The van der Waals surface area contributed by atoms with Gasteiger partial charge in [0.05, 0.1) is 22.6 Å². The van der Waals surface area contributed by atoms with Crippen molar-refractivity contribution in [3.63, 3.8) is 0 Å². The molecule has 0 aliphatic carbocycles.